The van der Waals surface area contributed by atoms with E-state index in [-0.39, 0.29) is 5.91 Å². The zero-order chi connectivity index (χ0) is 17.6. The Bertz CT molecular complexity index is 693. The van der Waals surface area contributed by atoms with Crippen LogP contribution >= 0.6 is 0 Å². The zero-order valence-corrected chi connectivity index (χ0v) is 15.1. The van der Waals surface area contributed by atoms with E-state index in [4.69, 9.17) is 4.74 Å². The number of piperidine rings is 1. The molecular weight excluding hydrogens is 314 g/mol. The number of likely N-dealkylation sites (tertiary alicyclic amines) is 1. The first-order valence-corrected chi connectivity index (χ1v) is 9.10. The number of hydrogen-bond acceptors (Lipinski definition) is 3. The van der Waals surface area contributed by atoms with Gasteiger partial charge in [0.05, 0.1) is 13.3 Å². The highest BCUT2D eigenvalue weighted by Crippen LogP contribution is 2.22. The predicted octanol–water partition coefficient (Wildman–Crippen LogP) is 3.60. The second-order valence-electron chi connectivity index (χ2n) is 6.91. The maximum Gasteiger partial charge on any atom is 0.222 e. The molecule has 1 aliphatic heterocycles. The van der Waals surface area contributed by atoms with Crippen LogP contribution in [0.4, 0.5) is 0 Å². The lowest BCUT2D eigenvalue weighted by Crippen LogP contribution is -2.39. The molecule has 1 saturated heterocycles. The molecule has 0 aliphatic carbocycles. The number of carbonyl (C=O) groups excluding carboxylic acids is 1. The van der Waals surface area contributed by atoms with E-state index in [0.717, 1.165) is 49.4 Å². The summed E-state index contributed by atoms with van der Waals surface area (Å²) < 4.78 is 7.11. The van der Waals surface area contributed by atoms with Crippen LogP contribution < -0.4 is 4.74 Å². The highest BCUT2D eigenvalue weighted by Gasteiger charge is 2.20. The van der Waals surface area contributed by atoms with E-state index in [0.29, 0.717) is 12.3 Å². The van der Waals surface area contributed by atoms with Crippen LogP contribution in [0.5, 0.6) is 5.75 Å². The molecule has 1 atom stereocenters. The summed E-state index contributed by atoms with van der Waals surface area (Å²) in [5, 5.41) is 4.42. The van der Waals surface area contributed by atoms with Gasteiger partial charge in [0.25, 0.3) is 0 Å². The Morgan fingerprint density at radius 1 is 1.28 bits per heavy atom. The van der Waals surface area contributed by atoms with Crippen molar-refractivity contribution in [1.29, 1.82) is 0 Å². The Labute approximate surface area is 149 Å². The summed E-state index contributed by atoms with van der Waals surface area (Å²) in [7, 11) is 1.67. The van der Waals surface area contributed by atoms with Crippen molar-refractivity contribution in [1.82, 2.24) is 14.7 Å². The van der Waals surface area contributed by atoms with Crippen molar-refractivity contribution in [3.8, 4) is 16.9 Å². The van der Waals surface area contributed by atoms with Gasteiger partial charge in [0, 0.05) is 37.8 Å². The second kappa shape index (κ2) is 8.19. The van der Waals surface area contributed by atoms with Crippen molar-refractivity contribution >= 4 is 5.91 Å². The number of aromatic nitrogens is 2. The fourth-order valence-corrected chi connectivity index (χ4v) is 3.38. The third kappa shape index (κ3) is 4.62. The van der Waals surface area contributed by atoms with Crippen LogP contribution in [0.15, 0.2) is 36.7 Å². The number of benzene rings is 1. The molecule has 5 nitrogen and oxygen atoms in total. The minimum absolute atomic E-state index is 0.286. The van der Waals surface area contributed by atoms with E-state index in [1.54, 1.807) is 7.11 Å². The summed E-state index contributed by atoms with van der Waals surface area (Å²) in [6.07, 6.45) is 7.71. The third-order valence-corrected chi connectivity index (χ3v) is 4.84. The highest BCUT2D eigenvalue weighted by molar-refractivity contribution is 5.76. The number of aryl methyl sites for hydroxylation is 1. The molecule has 1 fully saturated rings. The third-order valence-electron chi connectivity index (χ3n) is 4.84. The Morgan fingerprint density at radius 2 is 2.08 bits per heavy atom. The van der Waals surface area contributed by atoms with E-state index >= 15 is 0 Å². The number of nitrogens with zero attached hydrogens (tertiary/aromatic N) is 3. The van der Waals surface area contributed by atoms with Crippen molar-refractivity contribution in [2.75, 3.05) is 20.2 Å². The summed E-state index contributed by atoms with van der Waals surface area (Å²) >= 11 is 0. The van der Waals surface area contributed by atoms with Crippen molar-refractivity contribution < 1.29 is 9.53 Å². The molecule has 1 amide bonds. The van der Waals surface area contributed by atoms with Gasteiger partial charge in [0.15, 0.2) is 0 Å². The molecule has 0 unspecified atom stereocenters. The standard InChI is InChI=1S/C20H27N3O2/c1-16-5-3-11-22(14-16)20(24)6-4-12-23-15-18(13-21-23)17-7-9-19(25-2)10-8-17/h7-10,13,15-16H,3-6,11-12,14H2,1-2H3/t16-/m1/s1. The van der Waals surface area contributed by atoms with Gasteiger partial charge in [0.1, 0.15) is 5.75 Å². The average Bonchev–Trinajstić information content (AvgIpc) is 3.10. The molecule has 0 N–H and O–H groups in total. The molecule has 1 aliphatic rings. The van der Waals surface area contributed by atoms with Gasteiger partial charge in [-0.2, -0.15) is 5.10 Å². The molecule has 0 spiro atoms. The first kappa shape index (κ1) is 17.5. The number of amides is 1. The molecule has 25 heavy (non-hydrogen) atoms. The molecule has 3 rings (SSSR count). The minimum Gasteiger partial charge on any atom is -0.497 e. The topological polar surface area (TPSA) is 47.4 Å². The molecule has 2 aromatic rings. The fraction of sp³-hybridized carbons (Fsp3) is 0.500. The van der Waals surface area contributed by atoms with Gasteiger partial charge >= 0.3 is 0 Å². The largest absolute Gasteiger partial charge is 0.497 e. The minimum atomic E-state index is 0.286. The molecule has 5 heteroatoms. The van der Waals surface area contributed by atoms with Crippen molar-refractivity contribution in [2.45, 2.75) is 39.2 Å². The maximum absolute atomic E-state index is 12.3. The molecule has 2 heterocycles. The second-order valence-corrected chi connectivity index (χ2v) is 6.91. The lowest BCUT2D eigenvalue weighted by Gasteiger charge is -2.31. The Hall–Kier alpha value is -2.30. The van der Waals surface area contributed by atoms with Gasteiger partial charge < -0.3 is 9.64 Å². The molecular formula is C20H27N3O2. The van der Waals surface area contributed by atoms with Gasteiger partial charge in [-0.3, -0.25) is 9.48 Å². The Balaban J connectivity index is 1.49. The first-order valence-electron chi connectivity index (χ1n) is 9.10. The zero-order valence-electron chi connectivity index (χ0n) is 15.1. The summed E-state index contributed by atoms with van der Waals surface area (Å²) in [6.45, 7) is 4.84. The number of ether oxygens (including phenoxy) is 1. The molecule has 0 saturated carbocycles. The maximum atomic E-state index is 12.3. The Morgan fingerprint density at radius 3 is 2.80 bits per heavy atom. The number of methoxy groups -OCH3 is 1. The van der Waals surface area contributed by atoms with E-state index < -0.39 is 0 Å². The summed E-state index contributed by atoms with van der Waals surface area (Å²) in [5.41, 5.74) is 2.20. The lowest BCUT2D eigenvalue weighted by molar-refractivity contribution is -0.133. The van der Waals surface area contributed by atoms with Gasteiger partial charge in [-0.1, -0.05) is 19.1 Å². The molecule has 1 aromatic heterocycles. The van der Waals surface area contributed by atoms with E-state index in [2.05, 4.69) is 12.0 Å². The quantitative estimate of drug-likeness (QED) is 0.806. The number of hydrogen-bond donors (Lipinski definition) is 0. The van der Waals surface area contributed by atoms with Crippen molar-refractivity contribution in [3.05, 3.63) is 36.7 Å². The monoisotopic (exact) mass is 341 g/mol. The average molecular weight is 341 g/mol. The fourth-order valence-electron chi connectivity index (χ4n) is 3.38. The van der Waals surface area contributed by atoms with Crippen molar-refractivity contribution in [3.63, 3.8) is 0 Å². The van der Waals surface area contributed by atoms with E-state index in [9.17, 15) is 4.79 Å². The van der Waals surface area contributed by atoms with Gasteiger partial charge in [0.2, 0.25) is 5.91 Å². The molecule has 0 bridgehead atoms. The lowest BCUT2D eigenvalue weighted by atomic mass is 10.00. The number of carbonyl (C=O) groups is 1. The van der Waals surface area contributed by atoms with Gasteiger partial charge in [-0.05, 0) is 42.9 Å². The summed E-state index contributed by atoms with van der Waals surface area (Å²) in [4.78, 5) is 14.3. The van der Waals surface area contributed by atoms with Gasteiger partial charge in [-0.15, -0.1) is 0 Å². The smallest absolute Gasteiger partial charge is 0.222 e. The van der Waals surface area contributed by atoms with Crippen LogP contribution in [0.2, 0.25) is 0 Å². The Kier molecular flexibility index (Phi) is 5.74. The SMILES string of the molecule is COc1ccc(-c2cnn(CCCC(=O)N3CCC[C@@H](C)C3)c2)cc1. The highest BCUT2D eigenvalue weighted by atomic mass is 16.5. The predicted molar refractivity (Wildman–Crippen MR) is 98.4 cm³/mol. The van der Waals surface area contributed by atoms with E-state index in [1.165, 1.54) is 6.42 Å². The van der Waals surface area contributed by atoms with Crippen LogP contribution in [-0.4, -0.2) is 40.8 Å². The van der Waals surface area contributed by atoms with Crippen LogP contribution in [0.25, 0.3) is 11.1 Å². The van der Waals surface area contributed by atoms with Crippen LogP contribution in [0, 0.1) is 5.92 Å². The summed E-state index contributed by atoms with van der Waals surface area (Å²) in [5.74, 6) is 1.77. The van der Waals surface area contributed by atoms with Crippen LogP contribution in [0.1, 0.15) is 32.6 Å². The molecule has 134 valence electrons. The molecule has 0 radical (unpaired) electrons. The van der Waals surface area contributed by atoms with Gasteiger partial charge in [-0.25, -0.2) is 0 Å². The number of rotatable bonds is 6. The normalized spacial score (nSPS) is 17.5. The van der Waals surface area contributed by atoms with Crippen LogP contribution in [0.3, 0.4) is 0 Å². The van der Waals surface area contributed by atoms with E-state index in [1.807, 2.05) is 46.2 Å². The summed E-state index contributed by atoms with van der Waals surface area (Å²) in [6, 6.07) is 7.96. The van der Waals surface area contributed by atoms with Crippen molar-refractivity contribution in [2.24, 2.45) is 5.92 Å². The first-order chi connectivity index (χ1) is 12.2. The molecule has 1 aromatic carbocycles. The van der Waals surface area contributed by atoms with Crippen LogP contribution in [-0.2, 0) is 11.3 Å².